The van der Waals surface area contributed by atoms with E-state index in [0.29, 0.717) is 0 Å². The highest BCUT2D eigenvalue weighted by Crippen LogP contribution is 2.46. The molecular weight excluding hydrogens is 581 g/mol. The van der Waals surface area contributed by atoms with E-state index in [9.17, 15) is 5.53 Å². The average Bonchev–Trinajstić information content (AvgIpc) is 3.37. The Kier molecular flexibility index (Phi) is 18.0. The molecule has 0 saturated heterocycles. The third kappa shape index (κ3) is 10.3. The fourth-order valence-corrected chi connectivity index (χ4v) is 8.09. The summed E-state index contributed by atoms with van der Waals surface area (Å²) in [5.41, 5.74) is 29.1. The third-order valence-corrected chi connectivity index (χ3v) is 10.8. The molecule has 2 heteroatoms. The van der Waals surface area contributed by atoms with Gasteiger partial charge in [-0.2, -0.15) is 0 Å². The number of hydrogen-bond acceptors (Lipinski definition) is 0. The number of nitrogens with zero attached hydrogens (tertiary/aromatic N) is 2. The van der Waals surface area contributed by atoms with Gasteiger partial charge in [-0.05, 0) is 141 Å². The molecule has 0 aromatic heterocycles. The van der Waals surface area contributed by atoms with E-state index in [4.69, 9.17) is 0 Å². The van der Waals surface area contributed by atoms with E-state index in [-0.39, 0.29) is 0 Å². The van der Waals surface area contributed by atoms with Crippen LogP contribution in [0.1, 0.15) is 203 Å². The van der Waals surface area contributed by atoms with Crippen molar-refractivity contribution in [2.24, 2.45) is 0 Å². The lowest BCUT2D eigenvalue weighted by Crippen LogP contribution is -2.08. The van der Waals surface area contributed by atoms with Crippen molar-refractivity contribution < 1.29 is 4.70 Å². The van der Waals surface area contributed by atoms with Crippen LogP contribution in [0.3, 0.4) is 0 Å². The number of aryl methyl sites for hydroxylation is 4. The monoisotopic (exact) mass is 653 g/mol. The molecule has 0 N–H and O–H groups in total. The van der Waals surface area contributed by atoms with Gasteiger partial charge >= 0.3 is 0 Å². The fourth-order valence-electron chi connectivity index (χ4n) is 8.09. The van der Waals surface area contributed by atoms with Crippen LogP contribution in [-0.4, -0.2) is 4.70 Å². The Bertz CT molecular complexity index is 1310. The predicted octanol–water partition coefficient (Wildman–Crippen LogP) is 14.5. The molecule has 0 radical (unpaired) electrons. The van der Waals surface area contributed by atoms with Gasteiger partial charge in [-0.1, -0.05) is 113 Å². The molecule has 0 unspecified atom stereocenters. The molecule has 3 rings (SSSR count). The molecule has 0 aliphatic carbocycles. The topological polar surface area (TPSA) is 25.3 Å². The van der Waals surface area contributed by atoms with Crippen molar-refractivity contribution in [3.63, 3.8) is 0 Å². The van der Waals surface area contributed by atoms with Crippen LogP contribution in [0.15, 0.2) is 35.4 Å². The fraction of sp³-hybridized carbons (Fsp3) is 0.652. The minimum atomic E-state index is 1.02. The van der Waals surface area contributed by atoms with E-state index in [2.05, 4.69) is 79.7 Å². The first-order chi connectivity index (χ1) is 23.4. The molecule has 0 atom stereocenters. The second-order valence-corrected chi connectivity index (χ2v) is 14.5. The van der Waals surface area contributed by atoms with Gasteiger partial charge in [0, 0.05) is 22.3 Å². The Morgan fingerprint density at radius 3 is 1.17 bits per heavy atom. The molecule has 266 valence electrons. The number of allylic oxidation sites excluding steroid dienone is 2. The molecule has 2 aromatic carbocycles. The lowest BCUT2D eigenvalue weighted by molar-refractivity contribution is -0.345. The van der Waals surface area contributed by atoms with Crippen LogP contribution in [0.4, 0.5) is 0 Å². The summed E-state index contributed by atoms with van der Waals surface area (Å²) in [6, 6.07) is 9.87. The van der Waals surface area contributed by atoms with Gasteiger partial charge in [-0.15, -0.1) is 0 Å². The van der Waals surface area contributed by atoms with Crippen LogP contribution in [-0.2, 0) is 38.5 Å². The van der Waals surface area contributed by atoms with Crippen LogP contribution in [0.2, 0.25) is 0 Å². The Hall–Kier alpha value is -2.48. The molecule has 2 nitrogen and oxygen atoms in total. The predicted molar refractivity (Wildman–Crippen MR) is 212 cm³/mol. The Balaban J connectivity index is 2.31. The van der Waals surface area contributed by atoms with E-state index in [1.165, 1.54) is 122 Å². The Labute approximate surface area is 297 Å². The van der Waals surface area contributed by atoms with Crippen molar-refractivity contribution in [1.82, 2.24) is 0 Å². The summed E-state index contributed by atoms with van der Waals surface area (Å²) in [6.45, 7) is 18.4. The van der Waals surface area contributed by atoms with Crippen LogP contribution in [0.5, 0.6) is 0 Å². The molecule has 0 amide bonds. The normalized spacial score (nSPS) is 13.5. The molecule has 1 heterocycles. The Morgan fingerprint density at radius 2 is 0.771 bits per heavy atom. The van der Waals surface area contributed by atoms with Crippen LogP contribution in [0, 0.1) is 0 Å². The van der Waals surface area contributed by atoms with E-state index in [1.807, 2.05) is 0 Å². The van der Waals surface area contributed by atoms with Crippen molar-refractivity contribution in [3.8, 4) is 0 Å². The summed E-state index contributed by atoms with van der Waals surface area (Å²) >= 11 is 0. The van der Waals surface area contributed by atoms with Gasteiger partial charge in [0.2, 0.25) is 11.4 Å². The van der Waals surface area contributed by atoms with Crippen molar-refractivity contribution in [3.05, 3.63) is 85.5 Å². The molecule has 0 saturated carbocycles. The maximum Gasteiger partial charge on any atom is 0.211 e. The van der Waals surface area contributed by atoms with Gasteiger partial charge in [0.05, 0.1) is 0 Å². The van der Waals surface area contributed by atoms with E-state index in [0.717, 1.165) is 69.2 Å². The highest BCUT2D eigenvalue weighted by Gasteiger charge is 2.36. The van der Waals surface area contributed by atoms with Crippen molar-refractivity contribution in [2.75, 3.05) is 0 Å². The highest BCUT2D eigenvalue weighted by atomic mass is 15.2. The third-order valence-electron chi connectivity index (χ3n) is 10.8. The first-order valence-corrected chi connectivity index (χ1v) is 20.7. The van der Waals surface area contributed by atoms with Gasteiger partial charge in [0.15, 0.2) is 0 Å². The second kappa shape index (κ2) is 21.6. The van der Waals surface area contributed by atoms with E-state index >= 15 is 0 Å². The maximum atomic E-state index is 12.6. The molecule has 48 heavy (non-hydrogen) atoms. The first kappa shape index (κ1) is 40.0. The first-order valence-electron chi connectivity index (χ1n) is 20.7. The SMILES string of the molecule is CCCCCC1=C(c2cc(CCCCC)c(CCCCC)c(CCCCC)c2)[N+](=[N-])C(c2cc(CC)c(CC)c(CC)c2)=C1CCCC. The zero-order chi connectivity index (χ0) is 34.9. The largest absolute Gasteiger partial charge is 0.493 e. The second-order valence-electron chi connectivity index (χ2n) is 14.5. The van der Waals surface area contributed by atoms with Crippen LogP contribution in [0.25, 0.3) is 16.9 Å². The summed E-state index contributed by atoms with van der Waals surface area (Å²) in [4.78, 5) is 0. The lowest BCUT2D eigenvalue weighted by atomic mass is 9.86. The summed E-state index contributed by atoms with van der Waals surface area (Å²) in [6.07, 6.45) is 25.9. The summed E-state index contributed by atoms with van der Waals surface area (Å²) in [5.74, 6) is 0. The minimum absolute atomic E-state index is 1.02. The highest BCUT2D eigenvalue weighted by molar-refractivity contribution is 5.83. The Morgan fingerprint density at radius 1 is 0.396 bits per heavy atom. The molecule has 1 aliphatic rings. The van der Waals surface area contributed by atoms with Crippen molar-refractivity contribution in [1.29, 1.82) is 0 Å². The molecular formula is C46H72N2. The minimum Gasteiger partial charge on any atom is -0.493 e. The zero-order valence-corrected chi connectivity index (χ0v) is 32.8. The number of rotatable bonds is 24. The molecule has 0 bridgehead atoms. The standard InChI is InChI=1S/C46H72N2/c1-9-17-22-26-37-33-40(34-38(27-23-18-10-2)42(37)29-24-19-11-3)46-44(30-25-20-12-4)43(28-21-13-5)45(48(46)47)39-31-35(14-6)41(16-8)36(15-7)32-39/h31-34H,9-30H2,1-8H3. The average molecular weight is 653 g/mol. The van der Waals surface area contributed by atoms with Gasteiger partial charge in [-0.25, -0.2) is 4.70 Å². The summed E-state index contributed by atoms with van der Waals surface area (Å²) < 4.78 is 1.67. The molecule has 1 aliphatic heterocycles. The van der Waals surface area contributed by atoms with E-state index in [1.54, 1.807) is 21.4 Å². The van der Waals surface area contributed by atoms with Crippen LogP contribution < -0.4 is 0 Å². The number of unbranched alkanes of at least 4 members (excludes halogenated alkanes) is 9. The quantitative estimate of drug-likeness (QED) is 0.0796. The lowest BCUT2D eigenvalue weighted by Gasteiger charge is -2.19. The van der Waals surface area contributed by atoms with Gasteiger partial charge in [-0.3, -0.25) is 0 Å². The molecule has 0 fully saturated rings. The van der Waals surface area contributed by atoms with Crippen molar-refractivity contribution in [2.45, 2.75) is 197 Å². The number of hydrogen-bond donors (Lipinski definition) is 0. The molecule has 2 aromatic rings. The van der Waals surface area contributed by atoms with E-state index < -0.39 is 0 Å². The smallest absolute Gasteiger partial charge is 0.211 e. The summed E-state index contributed by atoms with van der Waals surface area (Å²) in [7, 11) is 0. The van der Waals surface area contributed by atoms with Crippen LogP contribution >= 0.6 is 0 Å². The van der Waals surface area contributed by atoms with Gasteiger partial charge in [0.1, 0.15) is 0 Å². The van der Waals surface area contributed by atoms with Gasteiger partial charge < -0.3 is 5.53 Å². The zero-order valence-electron chi connectivity index (χ0n) is 32.8. The van der Waals surface area contributed by atoms with Gasteiger partial charge in [0.25, 0.3) is 0 Å². The van der Waals surface area contributed by atoms with Crippen molar-refractivity contribution >= 4 is 11.4 Å². The number of benzene rings is 2. The maximum absolute atomic E-state index is 12.6. The molecule has 0 spiro atoms. The summed E-state index contributed by atoms with van der Waals surface area (Å²) in [5, 5.41) is 0.